The van der Waals surface area contributed by atoms with Crippen LogP contribution in [0.4, 0.5) is 4.39 Å². The largest absolute Gasteiger partial charge is 0.394 e. The highest BCUT2D eigenvalue weighted by atomic mass is 35.5. The second-order valence-corrected chi connectivity index (χ2v) is 5.30. The Morgan fingerprint density at radius 3 is 2.59 bits per heavy atom. The van der Waals surface area contributed by atoms with Crippen LogP contribution in [0.25, 0.3) is 0 Å². The maximum atomic E-state index is 13.0. The SMILES string of the molecule is CC(C)CNC(C)(CO)c1ccc(F)cc1Cl. The zero-order valence-electron chi connectivity index (χ0n) is 10.4. The Morgan fingerprint density at radius 2 is 2.12 bits per heavy atom. The molecule has 0 saturated carbocycles. The van der Waals surface area contributed by atoms with Crippen LogP contribution in [-0.4, -0.2) is 18.3 Å². The van der Waals surface area contributed by atoms with Gasteiger partial charge in [-0.3, -0.25) is 0 Å². The first-order valence-corrected chi connectivity index (χ1v) is 6.08. The number of aliphatic hydroxyl groups excluding tert-OH is 1. The summed E-state index contributed by atoms with van der Waals surface area (Å²) >= 11 is 6.02. The van der Waals surface area contributed by atoms with E-state index in [1.54, 1.807) is 6.07 Å². The Morgan fingerprint density at radius 1 is 1.47 bits per heavy atom. The molecule has 0 bridgehead atoms. The van der Waals surface area contributed by atoms with Gasteiger partial charge in [-0.2, -0.15) is 0 Å². The van der Waals surface area contributed by atoms with Gasteiger partial charge in [0.05, 0.1) is 12.1 Å². The van der Waals surface area contributed by atoms with Crippen molar-refractivity contribution in [3.8, 4) is 0 Å². The summed E-state index contributed by atoms with van der Waals surface area (Å²) in [6.45, 7) is 6.68. The third-order valence-electron chi connectivity index (χ3n) is 2.74. The van der Waals surface area contributed by atoms with E-state index in [2.05, 4.69) is 19.2 Å². The van der Waals surface area contributed by atoms with Crippen LogP contribution in [-0.2, 0) is 5.54 Å². The highest BCUT2D eigenvalue weighted by Gasteiger charge is 2.27. The van der Waals surface area contributed by atoms with E-state index in [0.717, 1.165) is 6.54 Å². The molecule has 0 heterocycles. The number of halogens is 2. The average molecular weight is 260 g/mol. The Balaban J connectivity index is 2.98. The lowest BCUT2D eigenvalue weighted by Crippen LogP contribution is -2.44. The number of rotatable bonds is 5. The maximum Gasteiger partial charge on any atom is 0.124 e. The summed E-state index contributed by atoms with van der Waals surface area (Å²) < 4.78 is 13.0. The molecule has 1 atom stereocenters. The van der Waals surface area contributed by atoms with Gasteiger partial charge in [0.15, 0.2) is 0 Å². The van der Waals surface area contributed by atoms with Gasteiger partial charge in [-0.15, -0.1) is 0 Å². The predicted octanol–water partition coefficient (Wildman–Crippen LogP) is 2.93. The van der Waals surface area contributed by atoms with Crippen LogP contribution < -0.4 is 5.32 Å². The molecule has 1 aromatic carbocycles. The second kappa shape index (κ2) is 5.80. The molecule has 0 aliphatic carbocycles. The zero-order valence-corrected chi connectivity index (χ0v) is 11.2. The molecule has 17 heavy (non-hydrogen) atoms. The Labute approximate surface area is 107 Å². The van der Waals surface area contributed by atoms with Crippen molar-refractivity contribution in [3.63, 3.8) is 0 Å². The average Bonchev–Trinajstić information content (AvgIpc) is 2.26. The van der Waals surface area contributed by atoms with Gasteiger partial charge < -0.3 is 10.4 Å². The van der Waals surface area contributed by atoms with E-state index in [9.17, 15) is 9.50 Å². The van der Waals surface area contributed by atoms with E-state index in [4.69, 9.17) is 11.6 Å². The molecule has 0 amide bonds. The number of nitrogens with one attached hydrogen (secondary N) is 1. The molecular weight excluding hydrogens is 241 g/mol. The first-order chi connectivity index (χ1) is 7.89. The van der Waals surface area contributed by atoms with Crippen LogP contribution in [0.1, 0.15) is 26.3 Å². The smallest absolute Gasteiger partial charge is 0.124 e. The van der Waals surface area contributed by atoms with Gasteiger partial charge >= 0.3 is 0 Å². The van der Waals surface area contributed by atoms with Gasteiger partial charge in [-0.25, -0.2) is 4.39 Å². The van der Waals surface area contributed by atoms with Crippen LogP contribution >= 0.6 is 11.6 Å². The number of hydrogen-bond donors (Lipinski definition) is 2. The molecule has 0 aliphatic heterocycles. The first kappa shape index (κ1) is 14.4. The lowest BCUT2D eigenvalue weighted by atomic mass is 9.92. The fourth-order valence-electron chi connectivity index (χ4n) is 1.60. The van der Waals surface area contributed by atoms with Crippen molar-refractivity contribution in [2.75, 3.05) is 13.2 Å². The summed E-state index contributed by atoms with van der Waals surface area (Å²) in [5.41, 5.74) is 0.0680. The van der Waals surface area contributed by atoms with E-state index < -0.39 is 5.54 Å². The first-order valence-electron chi connectivity index (χ1n) is 5.70. The van der Waals surface area contributed by atoms with Crippen molar-refractivity contribution in [1.29, 1.82) is 0 Å². The Hall–Kier alpha value is -0.640. The molecule has 0 fully saturated rings. The molecule has 0 radical (unpaired) electrons. The van der Waals surface area contributed by atoms with E-state index in [1.807, 2.05) is 6.92 Å². The van der Waals surface area contributed by atoms with Crippen LogP contribution in [0.3, 0.4) is 0 Å². The third kappa shape index (κ3) is 3.66. The Kier molecular flexibility index (Phi) is 4.92. The van der Waals surface area contributed by atoms with Crippen molar-refractivity contribution in [2.24, 2.45) is 5.92 Å². The molecule has 1 aromatic rings. The lowest BCUT2D eigenvalue weighted by molar-refractivity contribution is 0.171. The quantitative estimate of drug-likeness (QED) is 0.852. The highest BCUT2D eigenvalue weighted by Crippen LogP contribution is 2.28. The minimum absolute atomic E-state index is 0.0922. The highest BCUT2D eigenvalue weighted by molar-refractivity contribution is 6.31. The fourth-order valence-corrected chi connectivity index (χ4v) is 1.98. The molecule has 0 saturated heterocycles. The van der Waals surface area contributed by atoms with Crippen molar-refractivity contribution in [3.05, 3.63) is 34.6 Å². The second-order valence-electron chi connectivity index (χ2n) is 4.89. The van der Waals surface area contributed by atoms with Crippen LogP contribution in [0, 0.1) is 11.7 Å². The van der Waals surface area contributed by atoms with E-state index in [-0.39, 0.29) is 12.4 Å². The molecule has 0 aliphatic rings. The van der Waals surface area contributed by atoms with Gasteiger partial charge in [0.1, 0.15) is 5.82 Å². The van der Waals surface area contributed by atoms with E-state index in [1.165, 1.54) is 12.1 Å². The summed E-state index contributed by atoms with van der Waals surface area (Å²) in [6, 6.07) is 4.23. The summed E-state index contributed by atoms with van der Waals surface area (Å²) in [7, 11) is 0. The molecule has 0 aromatic heterocycles. The third-order valence-corrected chi connectivity index (χ3v) is 3.06. The van der Waals surface area contributed by atoms with Gasteiger partial charge in [0.2, 0.25) is 0 Å². The molecular formula is C13H19ClFNO. The van der Waals surface area contributed by atoms with Crippen molar-refractivity contribution < 1.29 is 9.50 Å². The van der Waals surface area contributed by atoms with Crippen LogP contribution in [0.5, 0.6) is 0 Å². The van der Waals surface area contributed by atoms with E-state index in [0.29, 0.717) is 16.5 Å². The lowest BCUT2D eigenvalue weighted by Gasteiger charge is -2.31. The van der Waals surface area contributed by atoms with Gasteiger partial charge in [0, 0.05) is 5.02 Å². The molecule has 96 valence electrons. The van der Waals surface area contributed by atoms with Crippen molar-refractivity contribution >= 4 is 11.6 Å². The summed E-state index contributed by atoms with van der Waals surface area (Å²) in [6.07, 6.45) is 0. The molecule has 2 N–H and O–H groups in total. The Bertz CT molecular complexity index is 384. The number of hydrogen-bond acceptors (Lipinski definition) is 2. The molecule has 2 nitrogen and oxygen atoms in total. The van der Waals surface area contributed by atoms with Crippen LogP contribution in [0.2, 0.25) is 5.02 Å². The molecule has 4 heteroatoms. The predicted molar refractivity (Wildman–Crippen MR) is 68.7 cm³/mol. The van der Waals surface area contributed by atoms with Gasteiger partial charge in [-0.1, -0.05) is 31.5 Å². The van der Waals surface area contributed by atoms with Gasteiger partial charge in [0.25, 0.3) is 0 Å². The van der Waals surface area contributed by atoms with Crippen LogP contribution in [0.15, 0.2) is 18.2 Å². The standard InChI is InChI=1S/C13H19ClFNO/c1-9(2)7-16-13(3,8-17)11-5-4-10(15)6-12(11)14/h4-6,9,16-17H,7-8H2,1-3H3. The fraction of sp³-hybridized carbons (Fsp3) is 0.538. The topological polar surface area (TPSA) is 32.3 Å². The minimum atomic E-state index is -0.644. The van der Waals surface area contributed by atoms with Gasteiger partial charge in [-0.05, 0) is 37.1 Å². The molecule has 1 unspecified atom stereocenters. The molecule has 0 spiro atoms. The number of benzene rings is 1. The van der Waals surface area contributed by atoms with Crippen molar-refractivity contribution in [2.45, 2.75) is 26.3 Å². The normalized spacial score (nSPS) is 15.0. The summed E-state index contributed by atoms with van der Waals surface area (Å²) in [5, 5.41) is 13.1. The zero-order chi connectivity index (χ0) is 13.1. The minimum Gasteiger partial charge on any atom is -0.394 e. The molecule has 1 rings (SSSR count). The monoisotopic (exact) mass is 259 g/mol. The summed E-state index contributed by atoms with van der Waals surface area (Å²) in [4.78, 5) is 0. The van der Waals surface area contributed by atoms with E-state index >= 15 is 0 Å². The number of aliphatic hydroxyl groups is 1. The van der Waals surface area contributed by atoms with Crippen molar-refractivity contribution in [1.82, 2.24) is 5.32 Å². The maximum absolute atomic E-state index is 13.0. The summed E-state index contributed by atoms with van der Waals surface area (Å²) in [5.74, 6) is 0.0861.